The van der Waals surface area contributed by atoms with Gasteiger partial charge in [-0.2, -0.15) is 5.26 Å². The Morgan fingerprint density at radius 1 is 1.56 bits per heavy atom. The van der Waals surface area contributed by atoms with Gasteiger partial charge in [-0.25, -0.2) is 9.69 Å². The van der Waals surface area contributed by atoms with Crippen LogP contribution < -0.4 is 4.90 Å². The Morgan fingerprint density at radius 2 is 2.24 bits per heavy atom. The summed E-state index contributed by atoms with van der Waals surface area (Å²) in [5.41, 5.74) is -0.553. The molecule has 130 valence electrons. The van der Waals surface area contributed by atoms with Crippen molar-refractivity contribution in [1.29, 1.82) is 5.26 Å². The first-order valence-corrected chi connectivity index (χ1v) is 8.46. The molecule has 0 bridgehead atoms. The van der Waals surface area contributed by atoms with Gasteiger partial charge < -0.3 is 9.47 Å². The number of amides is 1. The molecule has 0 unspecified atom stereocenters. The highest BCUT2D eigenvalue weighted by Gasteiger charge is 2.71. The number of methoxy groups -OCH3 is 1. The molecule has 0 spiro atoms. The number of carbonyl (C=O) groups is 2. The second-order valence-electron chi connectivity index (χ2n) is 6.65. The Bertz CT molecular complexity index is 829. The highest BCUT2D eigenvalue weighted by Crippen LogP contribution is 2.62. The number of benzene rings is 1. The summed E-state index contributed by atoms with van der Waals surface area (Å²) >= 11 is 3.40. The SMILES string of the molecule is C=CC(C)(C)[C@]12c3ccc(Br)cc3N(C(=O)OC)[C@H]1OC(=O)[C@H]2C#N. The quantitative estimate of drug-likeness (QED) is 0.556. The lowest BCUT2D eigenvalue weighted by atomic mass is 9.57. The van der Waals surface area contributed by atoms with E-state index in [-0.39, 0.29) is 0 Å². The molecule has 0 N–H and O–H groups in total. The zero-order chi connectivity index (χ0) is 18.6. The second-order valence-corrected chi connectivity index (χ2v) is 7.56. The summed E-state index contributed by atoms with van der Waals surface area (Å²) in [6.45, 7) is 7.65. The molecule has 3 rings (SSSR count). The number of ether oxygens (including phenoxy) is 2. The van der Waals surface area contributed by atoms with Gasteiger partial charge in [-0.15, -0.1) is 6.58 Å². The van der Waals surface area contributed by atoms with Gasteiger partial charge in [-0.05, 0) is 23.1 Å². The largest absolute Gasteiger partial charge is 0.452 e. The summed E-state index contributed by atoms with van der Waals surface area (Å²) in [7, 11) is 1.26. The van der Waals surface area contributed by atoms with Gasteiger partial charge in [0.15, 0.2) is 12.1 Å². The van der Waals surface area contributed by atoms with Gasteiger partial charge in [-0.1, -0.05) is 41.9 Å². The van der Waals surface area contributed by atoms with Gasteiger partial charge >= 0.3 is 12.1 Å². The molecule has 1 saturated heterocycles. The summed E-state index contributed by atoms with van der Waals surface area (Å²) in [5.74, 6) is -1.72. The predicted molar refractivity (Wildman–Crippen MR) is 93.7 cm³/mol. The summed E-state index contributed by atoms with van der Waals surface area (Å²) in [5, 5.41) is 9.74. The monoisotopic (exact) mass is 404 g/mol. The predicted octanol–water partition coefficient (Wildman–Crippen LogP) is 3.51. The Hall–Kier alpha value is -2.33. The lowest BCUT2D eigenvalue weighted by molar-refractivity contribution is -0.142. The van der Waals surface area contributed by atoms with Gasteiger partial charge in [0.25, 0.3) is 0 Å². The molecule has 0 aromatic heterocycles. The number of rotatable bonds is 2. The average molecular weight is 405 g/mol. The standard InChI is InChI=1S/C18H17BrN2O4/c1-5-17(2,3)18-11-7-6-10(19)8-13(11)21(16(23)24-4)15(18)25-14(22)12(18)9-20/h5-8,12,15H,1H2,2-4H3/t12-,15+,18+/m1/s1. The summed E-state index contributed by atoms with van der Waals surface area (Å²) in [6, 6.07) is 7.47. The van der Waals surface area contributed by atoms with E-state index in [9.17, 15) is 14.9 Å². The number of hydrogen-bond acceptors (Lipinski definition) is 5. The van der Waals surface area contributed by atoms with Gasteiger partial charge in [0.05, 0.1) is 24.3 Å². The molecule has 1 fully saturated rings. The molecule has 2 heterocycles. The van der Waals surface area contributed by atoms with E-state index < -0.39 is 35.0 Å². The molecule has 0 aliphatic carbocycles. The smallest absolute Gasteiger partial charge is 0.417 e. The van der Waals surface area contributed by atoms with E-state index >= 15 is 0 Å². The van der Waals surface area contributed by atoms with Gasteiger partial charge in [-0.3, -0.25) is 4.79 Å². The van der Waals surface area contributed by atoms with Crippen LogP contribution in [0.25, 0.3) is 0 Å². The zero-order valence-electron chi connectivity index (χ0n) is 14.1. The van der Waals surface area contributed by atoms with E-state index in [1.165, 1.54) is 12.0 Å². The summed E-state index contributed by atoms with van der Waals surface area (Å²) < 4.78 is 11.2. The van der Waals surface area contributed by atoms with Crippen LogP contribution in [-0.2, 0) is 19.7 Å². The van der Waals surface area contributed by atoms with Crippen LogP contribution in [0.2, 0.25) is 0 Å². The van der Waals surface area contributed by atoms with Crippen molar-refractivity contribution in [3.05, 3.63) is 40.9 Å². The Labute approximate surface area is 154 Å². The van der Waals surface area contributed by atoms with Crippen molar-refractivity contribution in [3.63, 3.8) is 0 Å². The maximum Gasteiger partial charge on any atom is 0.417 e. The molecule has 0 saturated carbocycles. The van der Waals surface area contributed by atoms with Crippen LogP contribution in [0, 0.1) is 22.7 Å². The third-order valence-corrected chi connectivity index (χ3v) is 5.78. The van der Waals surface area contributed by atoms with E-state index in [0.29, 0.717) is 11.3 Å². The minimum Gasteiger partial charge on any atom is -0.452 e. The van der Waals surface area contributed by atoms with Crippen molar-refractivity contribution in [1.82, 2.24) is 0 Å². The molecule has 1 aromatic carbocycles. The first-order valence-electron chi connectivity index (χ1n) is 7.67. The van der Waals surface area contributed by atoms with Gasteiger partial charge in [0.1, 0.15) is 0 Å². The maximum absolute atomic E-state index is 12.5. The van der Waals surface area contributed by atoms with Crippen molar-refractivity contribution in [2.45, 2.75) is 25.5 Å². The molecule has 0 radical (unpaired) electrons. The normalized spacial score (nSPS) is 27.2. The maximum atomic E-state index is 12.5. The molecular weight excluding hydrogens is 388 g/mol. The number of anilines is 1. The fourth-order valence-electron chi connectivity index (χ4n) is 3.98. The number of carbonyl (C=O) groups excluding carboxylic acids is 2. The zero-order valence-corrected chi connectivity index (χ0v) is 15.7. The van der Waals surface area contributed by atoms with E-state index in [2.05, 4.69) is 28.6 Å². The van der Waals surface area contributed by atoms with Gasteiger partial charge in [0, 0.05) is 4.47 Å². The molecule has 1 amide bonds. The van der Waals surface area contributed by atoms with Crippen LogP contribution in [0.3, 0.4) is 0 Å². The highest BCUT2D eigenvalue weighted by atomic mass is 79.9. The van der Waals surface area contributed by atoms with Crippen LogP contribution in [0.4, 0.5) is 10.5 Å². The summed E-state index contributed by atoms with van der Waals surface area (Å²) in [4.78, 5) is 26.2. The molecule has 6 nitrogen and oxygen atoms in total. The van der Waals surface area contributed by atoms with E-state index in [1.807, 2.05) is 26.0 Å². The molecule has 2 aliphatic heterocycles. The Kier molecular flexibility index (Phi) is 3.92. The number of hydrogen-bond donors (Lipinski definition) is 0. The number of fused-ring (bicyclic) bond motifs is 3. The molecule has 25 heavy (non-hydrogen) atoms. The fourth-order valence-corrected chi connectivity index (χ4v) is 4.33. The third-order valence-electron chi connectivity index (χ3n) is 5.28. The Morgan fingerprint density at radius 3 is 2.80 bits per heavy atom. The minimum absolute atomic E-state index is 0.550. The molecular formula is C18H17BrN2O4. The first kappa shape index (κ1) is 17.5. The highest BCUT2D eigenvalue weighted by molar-refractivity contribution is 9.10. The second kappa shape index (κ2) is 5.60. The first-order chi connectivity index (χ1) is 11.8. The van der Waals surface area contributed by atoms with Crippen molar-refractivity contribution in [2.24, 2.45) is 11.3 Å². The van der Waals surface area contributed by atoms with E-state index in [0.717, 1.165) is 4.47 Å². The van der Waals surface area contributed by atoms with Gasteiger partial charge in [0.2, 0.25) is 0 Å². The van der Waals surface area contributed by atoms with E-state index in [1.54, 1.807) is 12.1 Å². The number of nitriles is 1. The lowest BCUT2D eigenvalue weighted by Crippen LogP contribution is -2.54. The Balaban J connectivity index is 2.41. The van der Waals surface area contributed by atoms with E-state index in [4.69, 9.17) is 9.47 Å². The number of esters is 1. The molecule has 3 atom stereocenters. The fraction of sp³-hybridized carbons (Fsp3) is 0.389. The topological polar surface area (TPSA) is 79.6 Å². The minimum atomic E-state index is -1.08. The number of halogens is 1. The number of allylic oxidation sites excluding steroid dienone is 1. The van der Waals surface area contributed by atoms with Crippen LogP contribution in [0.1, 0.15) is 19.4 Å². The van der Waals surface area contributed by atoms with Crippen LogP contribution in [0.5, 0.6) is 0 Å². The van der Waals surface area contributed by atoms with Crippen LogP contribution in [0.15, 0.2) is 35.3 Å². The average Bonchev–Trinajstić information content (AvgIpc) is 3.02. The third kappa shape index (κ3) is 2.00. The molecule has 7 heteroatoms. The number of nitrogens with zero attached hydrogens (tertiary/aromatic N) is 2. The molecule has 2 aliphatic rings. The van der Waals surface area contributed by atoms with Crippen LogP contribution >= 0.6 is 15.9 Å². The van der Waals surface area contributed by atoms with Crippen molar-refractivity contribution in [2.75, 3.05) is 12.0 Å². The van der Waals surface area contributed by atoms with Crippen molar-refractivity contribution < 1.29 is 19.1 Å². The van der Waals surface area contributed by atoms with Crippen LogP contribution in [-0.4, -0.2) is 25.4 Å². The molecule has 1 aromatic rings. The van der Waals surface area contributed by atoms with Crippen molar-refractivity contribution >= 4 is 33.7 Å². The summed E-state index contributed by atoms with van der Waals surface area (Å²) in [6.07, 6.45) is 0.0608. The lowest BCUT2D eigenvalue weighted by Gasteiger charge is -2.42. The van der Waals surface area contributed by atoms with Crippen molar-refractivity contribution in [3.8, 4) is 6.07 Å².